The van der Waals surface area contributed by atoms with E-state index in [1.54, 1.807) is 7.11 Å². The van der Waals surface area contributed by atoms with E-state index >= 15 is 0 Å². The number of likely N-dealkylation sites (tertiary alicyclic amines) is 1. The second kappa shape index (κ2) is 12.7. The molecule has 1 aliphatic heterocycles. The minimum absolute atomic E-state index is 0. The zero-order chi connectivity index (χ0) is 19.6. The third-order valence-corrected chi connectivity index (χ3v) is 5.38. The van der Waals surface area contributed by atoms with Crippen molar-refractivity contribution in [3.63, 3.8) is 0 Å². The highest BCUT2D eigenvalue weighted by Gasteiger charge is 2.19. The van der Waals surface area contributed by atoms with E-state index in [2.05, 4.69) is 49.6 Å². The van der Waals surface area contributed by atoms with Crippen molar-refractivity contribution in [3.8, 4) is 5.75 Å². The van der Waals surface area contributed by atoms with E-state index in [1.807, 2.05) is 31.3 Å². The number of benzene rings is 1. The molecule has 29 heavy (non-hydrogen) atoms. The van der Waals surface area contributed by atoms with Crippen molar-refractivity contribution in [2.24, 2.45) is 10.9 Å². The number of methoxy groups -OCH3 is 1. The van der Waals surface area contributed by atoms with Gasteiger partial charge >= 0.3 is 0 Å². The van der Waals surface area contributed by atoms with Crippen molar-refractivity contribution in [2.75, 3.05) is 40.3 Å². The Kier molecular flexibility index (Phi) is 10.3. The predicted octanol–water partition coefficient (Wildman–Crippen LogP) is 3.19. The first-order valence-electron chi connectivity index (χ1n) is 10.2. The Balaban J connectivity index is 0.00000300. The molecule has 0 amide bonds. The molecular formula is C22H34IN5O. The predicted molar refractivity (Wildman–Crippen MR) is 130 cm³/mol. The van der Waals surface area contributed by atoms with Crippen LogP contribution in [-0.2, 0) is 13.1 Å². The topological polar surface area (TPSA) is 53.8 Å². The lowest BCUT2D eigenvalue weighted by Crippen LogP contribution is -2.43. The number of nitrogens with one attached hydrogen (secondary N) is 2. The highest BCUT2D eigenvalue weighted by molar-refractivity contribution is 14.0. The molecule has 2 heterocycles. The van der Waals surface area contributed by atoms with Crippen LogP contribution in [0.25, 0.3) is 0 Å². The Labute approximate surface area is 191 Å². The standard InChI is InChI=1S/C22H33N5O.HI/c1-23-22(24-11-16-26-12-3-4-13-26)25-17-19-9-14-27(15-10-19)18-20-5-7-21(28-2)8-6-20;/h3-8,12-13,19H,9-11,14-18H2,1-2H3,(H2,23,24,25);1H. The van der Waals surface area contributed by atoms with Crippen molar-refractivity contribution in [1.29, 1.82) is 0 Å². The average Bonchev–Trinajstić information content (AvgIpc) is 3.26. The van der Waals surface area contributed by atoms with Gasteiger partial charge in [-0.25, -0.2) is 0 Å². The van der Waals surface area contributed by atoms with Crippen LogP contribution in [0.3, 0.4) is 0 Å². The van der Waals surface area contributed by atoms with E-state index < -0.39 is 0 Å². The zero-order valence-electron chi connectivity index (χ0n) is 17.5. The van der Waals surface area contributed by atoms with Crippen LogP contribution in [0.1, 0.15) is 18.4 Å². The van der Waals surface area contributed by atoms with Crippen molar-refractivity contribution >= 4 is 29.9 Å². The van der Waals surface area contributed by atoms with Gasteiger partial charge in [0, 0.05) is 45.6 Å². The van der Waals surface area contributed by atoms with Gasteiger partial charge in [-0.1, -0.05) is 12.1 Å². The molecule has 160 valence electrons. The molecule has 0 aliphatic carbocycles. The Bertz CT molecular complexity index is 709. The van der Waals surface area contributed by atoms with E-state index in [0.29, 0.717) is 5.92 Å². The summed E-state index contributed by atoms with van der Waals surface area (Å²) in [6.07, 6.45) is 6.61. The van der Waals surface area contributed by atoms with Gasteiger partial charge in [-0.3, -0.25) is 9.89 Å². The smallest absolute Gasteiger partial charge is 0.191 e. The molecule has 1 saturated heterocycles. The van der Waals surface area contributed by atoms with Crippen molar-refractivity contribution in [1.82, 2.24) is 20.1 Å². The van der Waals surface area contributed by atoms with Gasteiger partial charge in [0.25, 0.3) is 0 Å². The summed E-state index contributed by atoms with van der Waals surface area (Å²) in [6, 6.07) is 12.5. The van der Waals surface area contributed by atoms with Gasteiger partial charge in [0.2, 0.25) is 0 Å². The average molecular weight is 511 g/mol. The molecule has 3 rings (SSSR count). The molecule has 2 N–H and O–H groups in total. The Morgan fingerprint density at radius 3 is 2.41 bits per heavy atom. The van der Waals surface area contributed by atoms with Crippen LogP contribution in [-0.4, -0.2) is 55.8 Å². The van der Waals surface area contributed by atoms with Gasteiger partial charge < -0.3 is 19.9 Å². The molecule has 0 atom stereocenters. The highest BCUT2D eigenvalue weighted by atomic mass is 127. The number of rotatable bonds is 8. The molecule has 1 aliphatic rings. The Hall–Kier alpha value is -1.74. The van der Waals surface area contributed by atoms with Crippen molar-refractivity contribution in [3.05, 3.63) is 54.4 Å². The first-order chi connectivity index (χ1) is 13.8. The summed E-state index contributed by atoms with van der Waals surface area (Å²) in [6.45, 7) is 6.12. The van der Waals surface area contributed by atoms with Crippen LogP contribution in [0.2, 0.25) is 0 Å². The summed E-state index contributed by atoms with van der Waals surface area (Å²) in [4.78, 5) is 6.88. The highest BCUT2D eigenvalue weighted by Crippen LogP contribution is 2.19. The third kappa shape index (κ3) is 7.89. The molecule has 1 aromatic carbocycles. The SMILES string of the molecule is CN=C(NCCn1cccc1)NCC1CCN(Cc2ccc(OC)cc2)CC1.I. The fraction of sp³-hybridized carbons (Fsp3) is 0.500. The van der Waals surface area contributed by atoms with E-state index in [4.69, 9.17) is 4.74 Å². The molecule has 7 heteroatoms. The zero-order valence-corrected chi connectivity index (χ0v) is 19.8. The molecule has 0 bridgehead atoms. The first kappa shape index (κ1) is 23.5. The van der Waals surface area contributed by atoms with E-state index in [9.17, 15) is 0 Å². The number of aliphatic imine (C=N–C) groups is 1. The number of hydrogen-bond acceptors (Lipinski definition) is 3. The number of piperidine rings is 1. The first-order valence-corrected chi connectivity index (χ1v) is 10.2. The maximum absolute atomic E-state index is 5.24. The lowest BCUT2D eigenvalue weighted by Gasteiger charge is -2.32. The molecule has 6 nitrogen and oxygen atoms in total. The fourth-order valence-electron chi connectivity index (χ4n) is 3.62. The fourth-order valence-corrected chi connectivity index (χ4v) is 3.62. The normalized spacial score (nSPS) is 15.6. The lowest BCUT2D eigenvalue weighted by molar-refractivity contribution is 0.178. The second-order valence-electron chi connectivity index (χ2n) is 7.37. The van der Waals surface area contributed by atoms with E-state index in [0.717, 1.165) is 51.0 Å². The van der Waals surface area contributed by atoms with Gasteiger partial charge in [0.15, 0.2) is 5.96 Å². The summed E-state index contributed by atoms with van der Waals surface area (Å²) in [7, 11) is 3.54. The summed E-state index contributed by atoms with van der Waals surface area (Å²) in [5.41, 5.74) is 1.35. The van der Waals surface area contributed by atoms with Gasteiger partial charge in [0.05, 0.1) is 7.11 Å². The number of ether oxygens (including phenoxy) is 1. The number of halogens is 1. The van der Waals surface area contributed by atoms with Crippen LogP contribution in [0, 0.1) is 5.92 Å². The number of nitrogens with zero attached hydrogens (tertiary/aromatic N) is 3. The molecule has 1 fully saturated rings. The van der Waals surface area contributed by atoms with Crippen LogP contribution in [0.15, 0.2) is 53.8 Å². The minimum atomic E-state index is 0. The molecule has 0 saturated carbocycles. The number of aromatic nitrogens is 1. The quantitative estimate of drug-likeness (QED) is 0.325. The van der Waals surface area contributed by atoms with Gasteiger partial charge in [-0.15, -0.1) is 24.0 Å². The molecule has 0 radical (unpaired) electrons. The lowest BCUT2D eigenvalue weighted by atomic mass is 9.96. The van der Waals surface area contributed by atoms with Gasteiger partial charge in [0.1, 0.15) is 5.75 Å². The second-order valence-corrected chi connectivity index (χ2v) is 7.37. The summed E-state index contributed by atoms with van der Waals surface area (Å²) in [5.74, 6) is 2.52. The van der Waals surface area contributed by atoms with E-state index in [-0.39, 0.29) is 24.0 Å². The van der Waals surface area contributed by atoms with Gasteiger partial charge in [-0.05, 0) is 61.7 Å². The maximum Gasteiger partial charge on any atom is 0.191 e. The summed E-state index contributed by atoms with van der Waals surface area (Å²) >= 11 is 0. The summed E-state index contributed by atoms with van der Waals surface area (Å²) in [5, 5.41) is 6.89. The van der Waals surface area contributed by atoms with Crippen LogP contribution in [0.4, 0.5) is 0 Å². The molecule has 1 aromatic heterocycles. The molecule has 0 spiro atoms. The number of hydrogen-bond donors (Lipinski definition) is 2. The molecular weight excluding hydrogens is 477 g/mol. The van der Waals surface area contributed by atoms with Gasteiger partial charge in [-0.2, -0.15) is 0 Å². The minimum Gasteiger partial charge on any atom is -0.497 e. The largest absolute Gasteiger partial charge is 0.497 e. The third-order valence-electron chi connectivity index (χ3n) is 5.38. The number of guanidine groups is 1. The monoisotopic (exact) mass is 511 g/mol. The molecule has 2 aromatic rings. The van der Waals surface area contributed by atoms with Crippen LogP contribution in [0.5, 0.6) is 5.75 Å². The van der Waals surface area contributed by atoms with Crippen LogP contribution >= 0.6 is 24.0 Å². The Morgan fingerprint density at radius 1 is 1.10 bits per heavy atom. The van der Waals surface area contributed by atoms with Crippen molar-refractivity contribution < 1.29 is 4.74 Å². The molecule has 0 unspecified atom stereocenters. The van der Waals surface area contributed by atoms with E-state index in [1.165, 1.54) is 18.4 Å². The summed E-state index contributed by atoms with van der Waals surface area (Å²) < 4.78 is 7.40. The van der Waals surface area contributed by atoms with Crippen LogP contribution < -0.4 is 15.4 Å². The Morgan fingerprint density at radius 2 is 1.79 bits per heavy atom. The maximum atomic E-state index is 5.24. The van der Waals surface area contributed by atoms with Crippen molar-refractivity contribution in [2.45, 2.75) is 25.9 Å².